The molecule has 0 bridgehead atoms. The molecule has 1 aromatic carbocycles. The molecule has 0 aliphatic carbocycles. The summed E-state index contributed by atoms with van der Waals surface area (Å²) < 4.78 is 18.5. The van der Waals surface area contributed by atoms with E-state index >= 15 is 0 Å². The van der Waals surface area contributed by atoms with Crippen LogP contribution in [0.2, 0.25) is 0 Å². The molecule has 0 fully saturated rings. The number of halogens is 2. The minimum absolute atomic E-state index is 0.124. The summed E-state index contributed by atoms with van der Waals surface area (Å²) >= 11 is 3.02. The van der Waals surface area contributed by atoms with Crippen LogP contribution in [0.4, 0.5) is 4.39 Å². The van der Waals surface area contributed by atoms with Crippen LogP contribution in [-0.2, 0) is 0 Å². The Bertz CT molecular complexity index is 589. The average Bonchev–Trinajstić information content (AvgIpc) is 2.34. The fourth-order valence-electron chi connectivity index (χ4n) is 1.14. The molecular formula is C11H6BrFN2O3. The van der Waals surface area contributed by atoms with Gasteiger partial charge in [0.15, 0.2) is 5.69 Å². The quantitative estimate of drug-likeness (QED) is 0.943. The van der Waals surface area contributed by atoms with Gasteiger partial charge < -0.3 is 9.84 Å². The highest BCUT2D eigenvalue weighted by Crippen LogP contribution is 2.24. The molecule has 0 saturated heterocycles. The summed E-state index contributed by atoms with van der Waals surface area (Å²) in [6, 6.07) is 4.09. The van der Waals surface area contributed by atoms with Crippen LogP contribution in [0.25, 0.3) is 0 Å². The first-order valence-electron chi connectivity index (χ1n) is 4.74. The summed E-state index contributed by atoms with van der Waals surface area (Å²) in [4.78, 5) is 18.0. The Hall–Kier alpha value is -2.02. The second-order valence-corrected chi connectivity index (χ2v) is 4.08. The van der Waals surface area contributed by atoms with Crippen molar-refractivity contribution in [1.29, 1.82) is 0 Å². The Morgan fingerprint density at radius 2 is 2.11 bits per heavy atom. The van der Waals surface area contributed by atoms with E-state index in [-0.39, 0.29) is 16.0 Å². The molecule has 0 radical (unpaired) electrons. The standard InChI is InChI=1S/C11H6BrFN2O3/c12-7-3-6(1-2-8(7)13)18-10-5-14-9(4-15-10)11(16)17/h1-5H,(H,16,17). The maximum Gasteiger partial charge on any atom is 0.356 e. The van der Waals surface area contributed by atoms with Gasteiger partial charge in [0, 0.05) is 0 Å². The minimum atomic E-state index is -1.17. The number of aromatic carboxylic acids is 1. The number of carboxylic acid groups (broad SMARTS) is 1. The van der Waals surface area contributed by atoms with Crippen LogP contribution < -0.4 is 4.74 Å². The molecule has 2 rings (SSSR count). The van der Waals surface area contributed by atoms with E-state index < -0.39 is 11.8 Å². The van der Waals surface area contributed by atoms with Crippen LogP contribution in [0.15, 0.2) is 35.1 Å². The van der Waals surface area contributed by atoms with E-state index in [0.29, 0.717) is 5.75 Å². The monoisotopic (exact) mass is 312 g/mol. The predicted octanol–water partition coefficient (Wildman–Crippen LogP) is 2.87. The number of nitrogens with zero attached hydrogens (tertiary/aromatic N) is 2. The van der Waals surface area contributed by atoms with Crippen molar-refractivity contribution in [2.24, 2.45) is 0 Å². The number of rotatable bonds is 3. The fraction of sp³-hybridized carbons (Fsp3) is 0. The second-order valence-electron chi connectivity index (χ2n) is 3.22. The highest BCUT2D eigenvalue weighted by atomic mass is 79.9. The lowest BCUT2D eigenvalue weighted by Gasteiger charge is -2.04. The first-order valence-corrected chi connectivity index (χ1v) is 5.54. The predicted molar refractivity (Wildman–Crippen MR) is 63.2 cm³/mol. The Balaban J connectivity index is 2.18. The molecule has 5 nitrogen and oxygen atoms in total. The molecule has 2 aromatic rings. The SMILES string of the molecule is O=C(O)c1cnc(Oc2ccc(F)c(Br)c2)cn1. The van der Waals surface area contributed by atoms with Gasteiger partial charge in [0.05, 0.1) is 16.9 Å². The van der Waals surface area contributed by atoms with Crippen molar-refractivity contribution in [3.63, 3.8) is 0 Å². The fourth-order valence-corrected chi connectivity index (χ4v) is 1.50. The van der Waals surface area contributed by atoms with Crippen molar-refractivity contribution in [2.45, 2.75) is 0 Å². The lowest BCUT2D eigenvalue weighted by molar-refractivity contribution is 0.0690. The molecular weight excluding hydrogens is 307 g/mol. The maximum atomic E-state index is 13.0. The van der Waals surface area contributed by atoms with Crippen LogP contribution >= 0.6 is 15.9 Å². The molecule has 0 unspecified atom stereocenters. The number of aromatic nitrogens is 2. The third kappa shape index (κ3) is 2.80. The van der Waals surface area contributed by atoms with Crippen LogP contribution in [0, 0.1) is 5.82 Å². The summed E-state index contributed by atoms with van der Waals surface area (Å²) in [6.07, 6.45) is 2.26. The number of benzene rings is 1. The first kappa shape index (κ1) is 12.4. The van der Waals surface area contributed by atoms with Crippen molar-refractivity contribution >= 4 is 21.9 Å². The van der Waals surface area contributed by atoms with E-state index in [0.717, 1.165) is 6.20 Å². The highest BCUT2D eigenvalue weighted by Gasteiger charge is 2.07. The average molecular weight is 313 g/mol. The maximum absolute atomic E-state index is 13.0. The summed E-state index contributed by atoms with van der Waals surface area (Å²) in [5.74, 6) is -1.09. The molecule has 0 aliphatic rings. The molecule has 0 amide bonds. The van der Waals surface area contributed by atoms with Crippen LogP contribution in [-0.4, -0.2) is 21.0 Å². The number of ether oxygens (including phenoxy) is 1. The lowest BCUT2D eigenvalue weighted by Crippen LogP contribution is -2.01. The van der Waals surface area contributed by atoms with Gasteiger partial charge in [-0.25, -0.2) is 19.2 Å². The molecule has 1 aromatic heterocycles. The molecule has 92 valence electrons. The normalized spacial score (nSPS) is 10.1. The Kier molecular flexibility index (Phi) is 3.52. The van der Waals surface area contributed by atoms with Gasteiger partial charge in [0.2, 0.25) is 5.88 Å². The molecule has 7 heteroatoms. The molecule has 1 heterocycles. The number of carbonyl (C=O) groups is 1. The largest absolute Gasteiger partial charge is 0.476 e. The third-order valence-corrected chi connectivity index (χ3v) is 2.57. The zero-order chi connectivity index (χ0) is 13.1. The minimum Gasteiger partial charge on any atom is -0.476 e. The van der Waals surface area contributed by atoms with Gasteiger partial charge in [0.1, 0.15) is 11.6 Å². The van der Waals surface area contributed by atoms with Crippen molar-refractivity contribution in [3.8, 4) is 11.6 Å². The number of carboxylic acids is 1. The van der Waals surface area contributed by atoms with Gasteiger partial charge in [-0.1, -0.05) is 0 Å². The van der Waals surface area contributed by atoms with Crippen LogP contribution in [0.5, 0.6) is 11.6 Å². The Morgan fingerprint density at radius 1 is 1.33 bits per heavy atom. The smallest absolute Gasteiger partial charge is 0.356 e. The third-order valence-electron chi connectivity index (χ3n) is 1.96. The summed E-state index contributed by atoms with van der Waals surface area (Å²) in [5, 5.41) is 8.64. The second kappa shape index (κ2) is 5.09. The summed E-state index contributed by atoms with van der Waals surface area (Å²) in [6.45, 7) is 0. The zero-order valence-corrected chi connectivity index (χ0v) is 10.4. The van der Waals surface area contributed by atoms with Crippen molar-refractivity contribution in [1.82, 2.24) is 9.97 Å². The molecule has 18 heavy (non-hydrogen) atoms. The lowest BCUT2D eigenvalue weighted by atomic mass is 10.3. The van der Waals surface area contributed by atoms with Crippen molar-refractivity contribution in [3.05, 3.63) is 46.6 Å². The van der Waals surface area contributed by atoms with Gasteiger partial charge in [0.25, 0.3) is 0 Å². The topological polar surface area (TPSA) is 72.3 Å². The molecule has 0 aliphatic heterocycles. The van der Waals surface area contributed by atoms with E-state index in [4.69, 9.17) is 9.84 Å². The summed E-state index contributed by atoms with van der Waals surface area (Å²) in [5.41, 5.74) is -0.178. The number of hydrogen-bond donors (Lipinski definition) is 1. The molecule has 0 atom stereocenters. The zero-order valence-electron chi connectivity index (χ0n) is 8.80. The van der Waals surface area contributed by atoms with E-state index in [9.17, 15) is 9.18 Å². The molecule has 0 spiro atoms. The van der Waals surface area contributed by atoms with Crippen molar-refractivity contribution < 1.29 is 19.0 Å². The van der Waals surface area contributed by atoms with Crippen LogP contribution in [0.1, 0.15) is 10.5 Å². The van der Waals surface area contributed by atoms with E-state index in [1.807, 2.05) is 0 Å². The Morgan fingerprint density at radius 3 is 2.67 bits per heavy atom. The number of hydrogen-bond acceptors (Lipinski definition) is 4. The van der Waals surface area contributed by atoms with Gasteiger partial charge in [-0.3, -0.25) is 0 Å². The summed E-state index contributed by atoms with van der Waals surface area (Å²) in [7, 11) is 0. The van der Waals surface area contributed by atoms with Gasteiger partial charge >= 0.3 is 5.97 Å². The Labute approximate surface area is 109 Å². The van der Waals surface area contributed by atoms with Crippen LogP contribution in [0.3, 0.4) is 0 Å². The van der Waals surface area contributed by atoms with Gasteiger partial charge in [-0.2, -0.15) is 0 Å². The molecule has 1 N–H and O–H groups in total. The van der Waals surface area contributed by atoms with Gasteiger partial charge in [-0.15, -0.1) is 0 Å². The van der Waals surface area contributed by atoms with Gasteiger partial charge in [-0.05, 0) is 34.1 Å². The van der Waals surface area contributed by atoms with E-state index in [2.05, 4.69) is 25.9 Å². The first-order chi connectivity index (χ1) is 8.56. The molecule has 0 saturated carbocycles. The highest BCUT2D eigenvalue weighted by molar-refractivity contribution is 9.10. The van der Waals surface area contributed by atoms with E-state index in [1.165, 1.54) is 24.4 Å². The van der Waals surface area contributed by atoms with E-state index in [1.54, 1.807) is 0 Å². The van der Waals surface area contributed by atoms with Crippen molar-refractivity contribution in [2.75, 3.05) is 0 Å².